The van der Waals surface area contributed by atoms with Crippen molar-refractivity contribution in [2.75, 3.05) is 13.9 Å². The molecule has 0 spiro atoms. The summed E-state index contributed by atoms with van der Waals surface area (Å²) in [6, 6.07) is 4.90. The third-order valence-electron chi connectivity index (χ3n) is 3.50. The summed E-state index contributed by atoms with van der Waals surface area (Å²) in [5.74, 6) is -0.150. The molecule has 0 fully saturated rings. The van der Waals surface area contributed by atoms with Gasteiger partial charge in [-0.05, 0) is 12.1 Å². The lowest BCUT2D eigenvalue weighted by molar-refractivity contribution is -0.671. The van der Waals surface area contributed by atoms with Crippen LogP contribution in [0.4, 0.5) is 0 Å². The van der Waals surface area contributed by atoms with Gasteiger partial charge in [0.2, 0.25) is 19.2 Å². The van der Waals surface area contributed by atoms with Crippen LogP contribution in [0.15, 0.2) is 36.9 Å². The molecule has 0 saturated heterocycles. The second kappa shape index (κ2) is 6.61. The maximum atomic E-state index is 12.1. The third kappa shape index (κ3) is 3.32. The van der Waals surface area contributed by atoms with Gasteiger partial charge in [0.05, 0.1) is 14.2 Å². The fourth-order valence-electron chi connectivity index (χ4n) is 2.35. The Morgan fingerprint density at radius 1 is 1.33 bits per heavy atom. The number of carbonyl (C=O) groups is 2. The summed E-state index contributed by atoms with van der Waals surface area (Å²) in [4.78, 5) is 24.2. The monoisotopic (exact) mass is 333 g/mol. The molecule has 2 heterocycles. The Morgan fingerprint density at radius 2 is 2.12 bits per heavy atom. The number of aromatic nitrogens is 2. The maximum absolute atomic E-state index is 12.1. The van der Waals surface area contributed by atoms with E-state index in [0.717, 1.165) is 0 Å². The second-order valence-corrected chi connectivity index (χ2v) is 5.26. The van der Waals surface area contributed by atoms with E-state index in [0.29, 0.717) is 17.1 Å². The molecule has 0 bridgehead atoms. The normalized spacial score (nSPS) is 13.4. The minimum atomic E-state index is -1.17. The molecule has 0 saturated carbocycles. The number of benzene rings is 1. The number of ether oxygens (including phenoxy) is 4. The molecule has 126 valence electrons. The number of carbonyl (C=O) groups excluding carboxylic acids is 2. The number of esters is 2. The van der Waals surface area contributed by atoms with Crippen LogP contribution in [0.3, 0.4) is 0 Å². The SMILES string of the molecule is COC(=O)C(OC(=O)Cn1cc[n+](C)c1)c1ccc2c(c1)OCO2. The van der Waals surface area contributed by atoms with E-state index in [-0.39, 0.29) is 13.3 Å². The Bertz CT molecular complexity index is 770. The van der Waals surface area contributed by atoms with Gasteiger partial charge < -0.3 is 18.9 Å². The van der Waals surface area contributed by atoms with E-state index in [4.69, 9.17) is 18.9 Å². The van der Waals surface area contributed by atoms with Crippen molar-refractivity contribution in [3.63, 3.8) is 0 Å². The van der Waals surface area contributed by atoms with Crippen molar-refractivity contribution in [3.8, 4) is 11.5 Å². The zero-order valence-electron chi connectivity index (χ0n) is 13.3. The smallest absolute Gasteiger partial charge is 0.351 e. The van der Waals surface area contributed by atoms with E-state index in [2.05, 4.69) is 0 Å². The number of rotatable bonds is 5. The number of imidazole rings is 1. The van der Waals surface area contributed by atoms with Crippen LogP contribution in [0, 0.1) is 0 Å². The van der Waals surface area contributed by atoms with Gasteiger partial charge in [-0.2, -0.15) is 0 Å². The predicted molar refractivity (Wildman–Crippen MR) is 79.0 cm³/mol. The number of nitrogens with zero attached hydrogens (tertiary/aromatic N) is 2. The van der Waals surface area contributed by atoms with Crippen LogP contribution in [0.25, 0.3) is 0 Å². The minimum Gasteiger partial charge on any atom is -0.466 e. The van der Waals surface area contributed by atoms with Crippen molar-refractivity contribution >= 4 is 11.9 Å². The molecule has 1 aliphatic rings. The van der Waals surface area contributed by atoms with Gasteiger partial charge in [0.1, 0.15) is 12.4 Å². The molecule has 8 heteroatoms. The van der Waals surface area contributed by atoms with Crippen LogP contribution in [-0.2, 0) is 32.7 Å². The molecule has 3 rings (SSSR count). The van der Waals surface area contributed by atoms with E-state index < -0.39 is 18.0 Å². The molecule has 8 nitrogen and oxygen atoms in total. The van der Waals surface area contributed by atoms with Gasteiger partial charge in [0.15, 0.2) is 18.0 Å². The van der Waals surface area contributed by atoms with E-state index in [1.165, 1.54) is 7.11 Å². The Morgan fingerprint density at radius 3 is 2.83 bits per heavy atom. The summed E-state index contributed by atoms with van der Waals surface area (Å²) in [6.45, 7) is 0.102. The van der Waals surface area contributed by atoms with E-state index in [1.54, 1.807) is 46.1 Å². The summed E-state index contributed by atoms with van der Waals surface area (Å²) in [7, 11) is 3.08. The molecule has 0 aliphatic carbocycles. The first-order valence-electron chi connectivity index (χ1n) is 7.24. The molecule has 1 aromatic heterocycles. The molecular weight excluding hydrogens is 316 g/mol. The van der Waals surface area contributed by atoms with Gasteiger partial charge >= 0.3 is 11.9 Å². The Hall–Kier alpha value is -3.03. The first-order valence-corrected chi connectivity index (χ1v) is 7.24. The standard InChI is InChI=1S/C16H17N2O6/c1-17-5-6-18(9-17)8-14(19)24-15(16(20)21-2)11-3-4-12-13(7-11)23-10-22-12/h3-7,9,15H,8,10H2,1-2H3/q+1. The average Bonchev–Trinajstić information content (AvgIpc) is 3.19. The zero-order chi connectivity index (χ0) is 17.1. The van der Waals surface area contributed by atoms with Crippen LogP contribution in [0.2, 0.25) is 0 Å². The predicted octanol–water partition coefficient (Wildman–Crippen LogP) is 0.499. The zero-order valence-corrected chi connectivity index (χ0v) is 13.3. The van der Waals surface area contributed by atoms with Gasteiger partial charge in [-0.25, -0.2) is 18.7 Å². The highest BCUT2D eigenvalue weighted by Crippen LogP contribution is 2.35. The van der Waals surface area contributed by atoms with E-state index in [1.807, 2.05) is 7.05 Å². The van der Waals surface area contributed by atoms with Crippen molar-refractivity contribution < 1.29 is 33.1 Å². The molecule has 1 atom stereocenters. The van der Waals surface area contributed by atoms with E-state index >= 15 is 0 Å². The molecule has 24 heavy (non-hydrogen) atoms. The maximum Gasteiger partial charge on any atom is 0.351 e. The van der Waals surface area contributed by atoms with Crippen molar-refractivity contribution in [2.24, 2.45) is 7.05 Å². The molecule has 0 amide bonds. The van der Waals surface area contributed by atoms with Gasteiger partial charge in [-0.3, -0.25) is 0 Å². The molecule has 0 N–H and O–H groups in total. The van der Waals surface area contributed by atoms with Crippen molar-refractivity contribution in [3.05, 3.63) is 42.5 Å². The molecule has 1 unspecified atom stereocenters. The van der Waals surface area contributed by atoms with Gasteiger partial charge in [0, 0.05) is 5.56 Å². The molecule has 1 aliphatic heterocycles. The highest BCUT2D eigenvalue weighted by atomic mass is 16.7. The van der Waals surface area contributed by atoms with Crippen molar-refractivity contribution in [2.45, 2.75) is 12.6 Å². The summed E-state index contributed by atoms with van der Waals surface area (Å²) in [6.07, 6.45) is 4.09. The highest BCUT2D eigenvalue weighted by molar-refractivity contribution is 5.81. The fourth-order valence-corrected chi connectivity index (χ4v) is 2.35. The lowest BCUT2D eigenvalue weighted by Crippen LogP contribution is -2.26. The van der Waals surface area contributed by atoms with Crippen LogP contribution >= 0.6 is 0 Å². The van der Waals surface area contributed by atoms with Crippen molar-refractivity contribution in [1.82, 2.24) is 4.57 Å². The van der Waals surface area contributed by atoms with Crippen molar-refractivity contribution in [1.29, 1.82) is 0 Å². The Labute approximate surface area is 138 Å². The molecule has 2 aromatic rings. The van der Waals surface area contributed by atoms with Gasteiger partial charge in [-0.1, -0.05) is 6.07 Å². The van der Waals surface area contributed by atoms with Crippen LogP contribution < -0.4 is 14.0 Å². The molecule has 1 aromatic carbocycles. The number of methoxy groups -OCH3 is 1. The Kier molecular flexibility index (Phi) is 4.37. The summed E-state index contributed by atoms with van der Waals surface area (Å²) in [5.41, 5.74) is 0.456. The topological polar surface area (TPSA) is 79.9 Å². The number of hydrogen-bond acceptors (Lipinski definition) is 6. The lowest BCUT2D eigenvalue weighted by Gasteiger charge is -2.15. The quantitative estimate of drug-likeness (QED) is 0.585. The first-order chi connectivity index (χ1) is 11.6. The summed E-state index contributed by atoms with van der Waals surface area (Å²) >= 11 is 0. The summed E-state index contributed by atoms with van der Waals surface area (Å²) in [5, 5.41) is 0. The van der Waals surface area contributed by atoms with Gasteiger partial charge in [-0.15, -0.1) is 0 Å². The minimum absolute atomic E-state index is 0.0150. The van der Waals surface area contributed by atoms with Gasteiger partial charge in [0.25, 0.3) is 0 Å². The molecule has 0 radical (unpaired) electrons. The Balaban J connectivity index is 1.76. The van der Waals surface area contributed by atoms with E-state index in [9.17, 15) is 9.59 Å². The average molecular weight is 333 g/mol. The second-order valence-electron chi connectivity index (χ2n) is 5.26. The highest BCUT2D eigenvalue weighted by Gasteiger charge is 2.28. The van der Waals surface area contributed by atoms with Crippen LogP contribution in [-0.4, -0.2) is 30.4 Å². The number of hydrogen-bond donors (Lipinski definition) is 0. The first kappa shape index (κ1) is 15.9. The molecular formula is C16H17N2O6+. The van der Waals surface area contributed by atoms with Crippen LogP contribution in [0.5, 0.6) is 11.5 Å². The largest absolute Gasteiger partial charge is 0.466 e. The lowest BCUT2D eigenvalue weighted by atomic mass is 10.1. The van der Waals surface area contributed by atoms with Crippen LogP contribution in [0.1, 0.15) is 11.7 Å². The fraction of sp³-hybridized carbons (Fsp3) is 0.312. The number of fused-ring (bicyclic) bond motifs is 1. The summed E-state index contributed by atoms with van der Waals surface area (Å²) < 4.78 is 24.0. The third-order valence-corrected chi connectivity index (χ3v) is 3.50. The number of aryl methyl sites for hydroxylation is 1.